The molecule has 5 rings (SSSR count). The molecular formula is C28H25ClN4O4. The van der Waals surface area contributed by atoms with Gasteiger partial charge in [0.2, 0.25) is 5.88 Å². The smallest absolute Gasteiger partial charge is 0.303 e. The van der Waals surface area contributed by atoms with Crippen LogP contribution in [0.25, 0.3) is 22.3 Å². The summed E-state index contributed by atoms with van der Waals surface area (Å²) in [6.45, 7) is 0.979. The molecule has 3 heterocycles. The van der Waals surface area contributed by atoms with Gasteiger partial charge in [-0.1, -0.05) is 29.8 Å². The van der Waals surface area contributed by atoms with Crippen molar-refractivity contribution in [2.24, 2.45) is 0 Å². The SMILES string of the molecule is O=C(O)CCCCc1nc2cc(C(=O)N3CC(Oc4ccccn4)C3)ccc2nc1-c1ccc(Cl)cc1. The number of rotatable bonds is 9. The van der Waals surface area contributed by atoms with Gasteiger partial charge in [-0.3, -0.25) is 9.59 Å². The number of halogens is 1. The highest BCUT2D eigenvalue weighted by atomic mass is 35.5. The van der Waals surface area contributed by atoms with Gasteiger partial charge in [-0.25, -0.2) is 15.0 Å². The van der Waals surface area contributed by atoms with E-state index in [1.54, 1.807) is 41.4 Å². The number of amides is 1. The average Bonchev–Trinajstić information content (AvgIpc) is 2.88. The molecule has 1 amide bonds. The molecule has 1 fully saturated rings. The first-order valence-electron chi connectivity index (χ1n) is 12.1. The molecule has 9 heteroatoms. The fraction of sp³-hybridized carbons (Fsp3) is 0.250. The summed E-state index contributed by atoms with van der Waals surface area (Å²) in [7, 11) is 0. The van der Waals surface area contributed by atoms with Crippen LogP contribution in [0.1, 0.15) is 35.3 Å². The van der Waals surface area contributed by atoms with Gasteiger partial charge in [0, 0.05) is 34.8 Å². The number of unbranched alkanes of at least 4 members (excludes halogenated alkanes) is 1. The molecule has 1 saturated heterocycles. The number of nitrogens with zero attached hydrogens (tertiary/aromatic N) is 4. The number of aromatic nitrogens is 3. The Hall–Kier alpha value is -4.04. The maximum atomic E-state index is 13.1. The number of carboxylic acids is 1. The minimum absolute atomic E-state index is 0.0848. The van der Waals surface area contributed by atoms with Crippen LogP contribution in [0.4, 0.5) is 0 Å². The molecule has 0 atom stereocenters. The molecule has 0 aliphatic carbocycles. The van der Waals surface area contributed by atoms with Gasteiger partial charge in [-0.15, -0.1) is 0 Å². The second kappa shape index (κ2) is 10.9. The van der Waals surface area contributed by atoms with E-state index in [0.29, 0.717) is 59.9 Å². The number of aryl methyl sites for hydroxylation is 1. The Morgan fingerprint density at radius 2 is 1.81 bits per heavy atom. The molecular weight excluding hydrogens is 492 g/mol. The largest absolute Gasteiger partial charge is 0.481 e. The molecule has 8 nitrogen and oxygen atoms in total. The lowest BCUT2D eigenvalue weighted by Crippen LogP contribution is -2.56. The molecule has 0 bridgehead atoms. The highest BCUT2D eigenvalue weighted by Gasteiger charge is 2.33. The highest BCUT2D eigenvalue weighted by Crippen LogP contribution is 2.27. The van der Waals surface area contributed by atoms with Crippen LogP contribution >= 0.6 is 11.6 Å². The van der Waals surface area contributed by atoms with Gasteiger partial charge in [0.15, 0.2) is 0 Å². The van der Waals surface area contributed by atoms with Gasteiger partial charge >= 0.3 is 5.97 Å². The Morgan fingerprint density at radius 3 is 2.54 bits per heavy atom. The van der Waals surface area contributed by atoms with Crippen LogP contribution in [-0.2, 0) is 11.2 Å². The molecule has 2 aromatic carbocycles. The van der Waals surface area contributed by atoms with Crippen LogP contribution in [0.15, 0.2) is 66.9 Å². The molecule has 0 saturated carbocycles. The molecule has 0 unspecified atom stereocenters. The average molecular weight is 517 g/mol. The Bertz CT molecular complexity index is 1420. The van der Waals surface area contributed by atoms with Gasteiger partial charge in [0.1, 0.15) is 6.10 Å². The van der Waals surface area contributed by atoms with Crippen molar-refractivity contribution in [3.05, 3.63) is 83.1 Å². The lowest BCUT2D eigenvalue weighted by Gasteiger charge is -2.38. The van der Waals surface area contributed by atoms with E-state index in [9.17, 15) is 9.59 Å². The van der Waals surface area contributed by atoms with Crippen LogP contribution in [-0.4, -0.2) is 56.0 Å². The third-order valence-corrected chi connectivity index (χ3v) is 6.47. The molecule has 1 aliphatic rings. The van der Waals surface area contributed by atoms with Crippen molar-refractivity contribution in [2.75, 3.05) is 13.1 Å². The summed E-state index contributed by atoms with van der Waals surface area (Å²) in [6, 6.07) is 18.2. The van der Waals surface area contributed by atoms with Crippen molar-refractivity contribution >= 4 is 34.5 Å². The second-order valence-corrected chi connectivity index (χ2v) is 9.38. The number of carbonyl (C=O) groups excluding carboxylic acids is 1. The number of fused-ring (bicyclic) bond motifs is 1. The number of ether oxygens (including phenoxy) is 1. The summed E-state index contributed by atoms with van der Waals surface area (Å²) in [5, 5.41) is 9.59. The Labute approximate surface area is 218 Å². The van der Waals surface area contributed by atoms with Crippen molar-refractivity contribution in [1.82, 2.24) is 19.9 Å². The maximum absolute atomic E-state index is 13.1. The van der Waals surface area contributed by atoms with E-state index in [-0.39, 0.29) is 18.4 Å². The first kappa shape index (κ1) is 24.6. The number of carbonyl (C=O) groups is 2. The zero-order chi connectivity index (χ0) is 25.8. The molecule has 188 valence electrons. The van der Waals surface area contributed by atoms with Crippen LogP contribution in [0.5, 0.6) is 5.88 Å². The van der Waals surface area contributed by atoms with E-state index in [2.05, 4.69) is 4.98 Å². The van der Waals surface area contributed by atoms with Gasteiger partial charge in [0.05, 0.1) is 35.5 Å². The third kappa shape index (κ3) is 5.86. The molecule has 0 radical (unpaired) electrons. The van der Waals surface area contributed by atoms with Gasteiger partial charge in [-0.05, 0) is 55.7 Å². The third-order valence-electron chi connectivity index (χ3n) is 6.22. The highest BCUT2D eigenvalue weighted by molar-refractivity contribution is 6.30. The van der Waals surface area contributed by atoms with Crippen molar-refractivity contribution in [3.8, 4) is 17.1 Å². The summed E-state index contributed by atoms with van der Waals surface area (Å²) < 4.78 is 5.80. The van der Waals surface area contributed by atoms with E-state index >= 15 is 0 Å². The number of carboxylic acid groups (broad SMARTS) is 1. The summed E-state index contributed by atoms with van der Waals surface area (Å²) in [5.74, 6) is -0.355. The van der Waals surface area contributed by atoms with Crippen molar-refractivity contribution in [1.29, 1.82) is 0 Å². The van der Waals surface area contributed by atoms with Gasteiger partial charge in [0.25, 0.3) is 5.91 Å². The molecule has 1 N–H and O–H groups in total. The molecule has 4 aromatic rings. The number of pyridine rings is 1. The summed E-state index contributed by atoms with van der Waals surface area (Å²) in [6.07, 6.45) is 3.48. The van der Waals surface area contributed by atoms with E-state index < -0.39 is 5.97 Å². The normalized spacial score (nSPS) is 13.4. The standard InChI is InChI=1S/C28H25ClN4O4/c29-20-11-8-18(9-12-20)27-23(5-1-2-7-26(34)35)31-24-15-19(10-13-22(24)32-27)28(36)33-16-21(17-33)37-25-6-3-4-14-30-25/h3-4,6,8-15,21H,1-2,5,7,16-17H2,(H,34,35). The fourth-order valence-corrected chi connectivity index (χ4v) is 4.38. The topological polar surface area (TPSA) is 106 Å². The van der Waals surface area contributed by atoms with E-state index in [1.807, 2.05) is 30.3 Å². The van der Waals surface area contributed by atoms with Crippen LogP contribution in [0.3, 0.4) is 0 Å². The molecule has 37 heavy (non-hydrogen) atoms. The number of likely N-dealkylation sites (tertiary alicyclic amines) is 1. The number of hydrogen-bond donors (Lipinski definition) is 1. The van der Waals surface area contributed by atoms with E-state index in [0.717, 1.165) is 17.0 Å². The molecule has 1 aliphatic heterocycles. The predicted molar refractivity (Wildman–Crippen MR) is 140 cm³/mol. The Balaban J connectivity index is 1.35. The summed E-state index contributed by atoms with van der Waals surface area (Å²) >= 11 is 6.07. The zero-order valence-corrected chi connectivity index (χ0v) is 20.8. The van der Waals surface area contributed by atoms with Gasteiger partial charge in [-0.2, -0.15) is 0 Å². The fourth-order valence-electron chi connectivity index (χ4n) is 4.25. The van der Waals surface area contributed by atoms with E-state index in [1.165, 1.54) is 0 Å². The van der Waals surface area contributed by atoms with Gasteiger partial charge < -0.3 is 14.7 Å². The second-order valence-electron chi connectivity index (χ2n) is 8.95. The minimum Gasteiger partial charge on any atom is -0.481 e. The quantitative estimate of drug-likeness (QED) is 0.310. The lowest BCUT2D eigenvalue weighted by molar-refractivity contribution is -0.137. The maximum Gasteiger partial charge on any atom is 0.303 e. The molecule has 0 spiro atoms. The van der Waals surface area contributed by atoms with Crippen molar-refractivity contribution in [3.63, 3.8) is 0 Å². The van der Waals surface area contributed by atoms with Crippen molar-refractivity contribution in [2.45, 2.75) is 31.8 Å². The lowest BCUT2D eigenvalue weighted by atomic mass is 10.0. The summed E-state index contributed by atoms with van der Waals surface area (Å²) in [4.78, 5) is 39.6. The number of aliphatic carboxylic acids is 1. The first-order chi connectivity index (χ1) is 18.0. The van der Waals surface area contributed by atoms with Crippen LogP contribution in [0.2, 0.25) is 5.02 Å². The summed E-state index contributed by atoms with van der Waals surface area (Å²) in [5.41, 5.74) is 4.21. The van der Waals surface area contributed by atoms with Crippen LogP contribution < -0.4 is 4.74 Å². The number of hydrogen-bond acceptors (Lipinski definition) is 6. The molecule has 2 aromatic heterocycles. The Morgan fingerprint density at radius 1 is 1.00 bits per heavy atom. The minimum atomic E-state index is -0.815. The zero-order valence-electron chi connectivity index (χ0n) is 20.0. The number of benzene rings is 2. The van der Waals surface area contributed by atoms with Crippen molar-refractivity contribution < 1.29 is 19.4 Å². The monoisotopic (exact) mass is 516 g/mol. The first-order valence-corrected chi connectivity index (χ1v) is 12.5. The van der Waals surface area contributed by atoms with E-state index in [4.69, 9.17) is 31.4 Å². The Kier molecular flexibility index (Phi) is 7.28. The predicted octanol–water partition coefficient (Wildman–Crippen LogP) is 5.05. The van der Waals surface area contributed by atoms with Crippen LogP contribution in [0, 0.1) is 0 Å².